The van der Waals surface area contributed by atoms with E-state index in [2.05, 4.69) is 0 Å². The van der Waals surface area contributed by atoms with Gasteiger partial charge in [0.2, 0.25) is 0 Å². The van der Waals surface area contributed by atoms with E-state index in [0.29, 0.717) is 5.75 Å². The summed E-state index contributed by atoms with van der Waals surface area (Å²) in [5.41, 5.74) is 7.55. The Labute approximate surface area is 117 Å². The number of nitrogens with two attached hydrogens (primary N) is 1. The Bertz CT molecular complexity index is 647. The molecule has 0 aliphatic carbocycles. The van der Waals surface area contributed by atoms with E-state index in [1.54, 1.807) is 6.07 Å². The van der Waals surface area contributed by atoms with Crippen molar-refractivity contribution < 1.29 is 9.13 Å². The largest absolute Gasteiger partial charge is 0.489 e. The second kappa shape index (κ2) is 6.18. The highest BCUT2D eigenvalue weighted by Crippen LogP contribution is 2.24. The van der Waals surface area contributed by atoms with Gasteiger partial charge in [0.1, 0.15) is 24.2 Å². The number of rotatable bonds is 4. The molecular weight excluding hydrogens is 255 g/mol. The summed E-state index contributed by atoms with van der Waals surface area (Å²) < 4.78 is 18.9. The Hall–Kier alpha value is -2.38. The summed E-state index contributed by atoms with van der Waals surface area (Å²) in [6.45, 7) is 2.15. The Morgan fingerprint density at radius 1 is 1.30 bits per heavy atom. The zero-order valence-corrected chi connectivity index (χ0v) is 11.1. The van der Waals surface area contributed by atoms with Crippen LogP contribution >= 0.6 is 0 Å². The minimum atomic E-state index is -0.521. The second-order valence-corrected chi connectivity index (χ2v) is 4.54. The fraction of sp³-hybridized carbons (Fsp3) is 0.188. The smallest absolute Gasteiger partial charge is 0.140 e. The molecule has 0 saturated heterocycles. The van der Waals surface area contributed by atoms with Crippen LogP contribution in [0.4, 0.5) is 4.39 Å². The predicted octanol–water partition coefficient (Wildman–Crippen LogP) is 3.30. The number of nitrogens with zero attached hydrogens (tertiary/aromatic N) is 1. The van der Waals surface area contributed by atoms with Crippen molar-refractivity contribution in [2.24, 2.45) is 5.73 Å². The van der Waals surface area contributed by atoms with Gasteiger partial charge in [-0.15, -0.1) is 0 Å². The van der Waals surface area contributed by atoms with Gasteiger partial charge in [-0.25, -0.2) is 4.39 Å². The van der Waals surface area contributed by atoms with Crippen molar-refractivity contribution in [2.45, 2.75) is 19.6 Å². The maximum Gasteiger partial charge on any atom is 0.140 e. The van der Waals surface area contributed by atoms with Crippen LogP contribution in [0.15, 0.2) is 42.5 Å². The molecule has 3 nitrogen and oxygen atoms in total. The number of nitriles is 1. The van der Waals surface area contributed by atoms with Crippen LogP contribution < -0.4 is 10.5 Å². The van der Waals surface area contributed by atoms with Crippen molar-refractivity contribution in [3.8, 4) is 11.8 Å². The van der Waals surface area contributed by atoms with Crippen LogP contribution in [0.2, 0.25) is 0 Å². The van der Waals surface area contributed by atoms with E-state index in [0.717, 1.165) is 11.1 Å². The van der Waals surface area contributed by atoms with Crippen LogP contribution in [0.3, 0.4) is 0 Å². The molecule has 0 saturated carbocycles. The number of benzene rings is 2. The molecule has 0 aliphatic rings. The summed E-state index contributed by atoms with van der Waals surface area (Å²) in [5.74, 6) is 0.178. The zero-order chi connectivity index (χ0) is 14.5. The minimum Gasteiger partial charge on any atom is -0.489 e. The Balaban J connectivity index is 2.15. The first-order valence-corrected chi connectivity index (χ1v) is 6.27. The summed E-state index contributed by atoms with van der Waals surface area (Å²) in [5, 5.41) is 8.80. The van der Waals surface area contributed by atoms with Gasteiger partial charge in [-0.3, -0.25) is 0 Å². The molecule has 0 aromatic heterocycles. The van der Waals surface area contributed by atoms with Gasteiger partial charge in [-0.2, -0.15) is 5.26 Å². The van der Waals surface area contributed by atoms with Gasteiger partial charge in [-0.05, 0) is 30.7 Å². The van der Waals surface area contributed by atoms with Gasteiger partial charge in [0, 0.05) is 11.6 Å². The first kappa shape index (κ1) is 14.0. The van der Waals surface area contributed by atoms with E-state index in [-0.39, 0.29) is 18.2 Å². The molecule has 0 heterocycles. The van der Waals surface area contributed by atoms with E-state index in [9.17, 15) is 4.39 Å². The normalized spacial score (nSPS) is 11.7. The topological polar surface area (TPSA) is 59.0 Å². The van der Waals surface area contributed by atoms with Crippen LogP contribution in [0.1, 0.15) is 29.7 Å². The van der Waals surface area contributed by atoms with Crippen LogP contribution in [0.25, 0.3) is 0 Å². The minimum absolute atomic E-state index is 0.0200. The van der Waals surface area contributed by atoms with Crippen LogP contribution in [-0.2, 0) is 6.61 Å². The SMILES string of the molecule is CC(N)c1ccccc1OCc1ccc(F)c(C#N)c1. The van der Waals surface area contributed by atoms with Gasteiger partial charge in [0.25, 0.3) is 0 Å². The summed E-state index contributed by atoms with van der Waals surface area (Å²) in [6.07, 6.45) is 0. The molecule has 0 bridgehead atoms. The molecule has 2 aromatic rings. The first-order valence-electron chi connectivity index (χ1n) is 6.27. The maximum absolute atomic E-state index is 13.2. The van der Waals surface area contributed by atoms with E-state index >= 15 is 0 Å². The van der Waals surface area contributed by atoms with Gasteiger partial charge in [0.15, 0.2) is 0 Å². The van der Waals surface area contributed by atoms with Crippen molar-refractivity contribution in [2.75, 3.05) is 0 Å². The Morgan fingerprint density at radius 3 is 2.75 bits per heavy atom. The molecule has 0 spiro atoms. The fourth-order valence-corrected chi connectivity index (χ4v) is 1.90. The third-order valence-corrected chi connectivity index (χ3v) is 2.96. The molecule has 1 unspecified atom stereocenters. The lowest BCUT2D eigenvalue weighted by atomic mass is 10.1. The summed E-state index contributed by atoms with van der Waals surface area (Å²) in [6, 6.07) is 13.6. The van der Waals surface area contributed by atoms with E-state index < -0.39 is 5.82 Å². The molecule has 2 N–H and O–H groups in total. The summed E-state index contributed by atoms with van der Waals surface area (Å²) >= 11 is 0. The molecule has 0 radical (unpaired) electrons. The molecule has 2 rings (SSSR count). The highest BCUT2D eigenvalue weighted by molar-refractivity contribution is 5.37. The third-order valence-electron chi connectivity index (χ3n) is 2.96. The van der Waals surface area contributed by atoms with E-state index in [1.165, 1.54) is 12.1 Å². The number of hydrogen-bond donors (Lipinski definition) is 1. The molecule has 2 aromatic carbocycles. The van der Waals surface area contributed by atoms with Crippen molar-refractivity contribution in [1.29, 1.82) is 5.26 Å². The monoisotopic (exact) mass is 270 g/mol. The number of para-hydroxylation sites is 1. The van der Waals surface area contributed by atoms with E-state index in [4.69, 9.17) is 15.7 Å². The quantitative estimate of drug-likeness (QED) is 0.927. The standard InChI is InChI=1S/C16H15FN2O/c1-11(19)14-4-2-3-5-16(14)20-10-12-6-7-15(17)13(8-12)9-18/h2-8,11H,10,19H2,1H3. The molecule has 20 heavy (non-hydrogen) atoms. The van der Waals surface area contributed by atoms with Gasteiger partial charge in [0.05, 0.1) is 5.56 Å². The lowest BCUT2D eigenvalue weighted by molar-refractivity contribution is 0.301. The van der Waals surface area contributed by atoms with Crippen LogP contribution in [-0.4, -0.2) is 0 Å². The maximum atomic E-state index is 13.2. The van der Waals surface area contributed by atoms with Crippen molar-refractivity contribution in [1.82, 2.24) is 0 Å². The van der Waals surface area contributed by atoms with Gasteiger partial charge >= 0.3 is 0 Å². The lowest BCUT2D eigenvalue weighted by Crippen LogP contribution is -2.08. The molecule has 102 valence electrons. The first-order chi connectivity index (χ1) is 9.61. The van der Waals surface area contributed by atoms with E-state index in [1.807, 2.05) is 37.3 Å². The average molecular weight is 270 g/mol. The Kier molecular flexibility index (Phi) is 4.34. The van der Waals surface area contributed by atoms with Crippen molar-refractivity contribution in [3.63, 3.8) is 0 Å². The van der Waals surface area contributed by atoms with Crippen LogP contribution in [0, 0.1) is 17.1 Å². The Morgan fingerprint density at radius 2 is 2.05 bits per heavy atom. The fourth-order valence-electron chi connectivity index (χ4n) is 1.90. The molecule has 0 amide bonds. The number of ether oxygens (including phenoxy) is 1. The van der Waals surface area contributed by atoms with Gasteiger partial charge < -0.3 is 10.5 Å². The molecule has 0 fully saturated rings. The molecule has 0 aliphatic heterocycles. The third kappa shape index (κ3) is 3.14. The molecular formula is C16H15FN2O. The zero-order valence-electron chi connectivity index (χ0n) is 11.1. The number of halogens is 1. The number of hydrogen-bond acceptors (Lipinski definition) is 3. The van der Waals surface area contributed by atoms with Crippen molar-refractivity contribution in [3.05, 3.63) is 65.0 Å². The second-order valence-electron chi connectivity index (χ2n) is 4.54. The van der Waals surface area contributed by atoms with Crippen LogP contribution in [0.5, 0.6) is 5.75 Å². The molecule has 4 heteroatoms. The highest BCUT2D eigenvalue weighted by Gasteiger charge is 2.08. The molecule has 1 atom stereocenters. The highest BCUT2D eigenvalue weighted by atomic mass is 19.1. The van der Waals surface area contributed by atoms with Crippen molar-refractivity contribution >= 4 is 0 Å². The predicted molar refractivity (Wildman–Crippen MR) is 74.5 cm³/mol. The summed E-state index contributed by atoms with van der Waals surface area (Å²) in [4.78, 5) is 0. The lowest BCUT2D eigenvalue weighted by Gasteiger charge is -2.14. The average Bonchev–Trinajstić information content (AvgIpc) is 2.46. The summed E-state index contributed by atoms with van der Waals surface area (Å²) in [7, 11) is 0. The van der Waals surface area contributed by atoms with Gasteiger partial charge in [-0.1, -0.05) is 24.3 Å².